The Morgan fingerprint density at radius 3 is 2.58 bits per heavy atom. The molecule has 1 aromatic heterocycles. The minimum absolute atomic E-state index is 0.00362. The number of thiazole rings is 1. The van der Waals surface area contributed by atoms with E-state index in [0.29, 0.717) is 10.6 Å². The van der Waals surface area contributed by atoms with Gasteiger partial charge >= 0.3 is 0 Å². The number of aromatic nitrogens is 1. The molecule has 7 nitrogen and oxygen atoms in total. The number of rotatable bonds is 6. The van der Waals surface area contributed by atoms with Gasteiger partial charge in [0.1, 0.15) is 10.7 Å². The molecular weight excluding hydrogens is 330 g/mol. The van der Waals surface area contributed by atoms with E-state index in [-0.39, 0.29) is 29.8 Å². The molecule has 128 valence electrons. The third-order valence-corrected chi connectivity index (χ3v) is 4.80. The molecule has 8 heteroatoms. The number of hydrogen-bond acceptors (Lipinski definition) is 6. The van der Waals surface area contributed by atoms with Gasteiger partial charge in [-0.1, -0.05) is 13.8 Å². The van der Waals surface area contributed by atoms with Gasteiger partial charge in [-0.3, -0.25) is 14.9 Å². The van der Waals surface area contributed by atoms with Gasteiger partial charge in [-0.05, 0) is 25.0 Å². The molecule has 0 aliphatic rings. The number of benzene rings is 1. The molecule has 24 heavy (non-hydrogen) atoms. The number of carbonyl (C=O) groups excluding carboxylic acids is 1. The zero-order chi connectivity index (χ0) is 17.9. The Morgan fingerprint density at radius 1 is 1.42 bits per heavy atom. The first-order valence-electron chi connectivity index (χ1n) is 7.41. The molecule has 0 spiro atoms. The second kappa shape index (κ2) is 7.06. The van der Waals surface area contributed by atoms with Crippen molar-refractivity contribution >= 4 is 22.9 Å². The summed E-state index contributed by atoms with van der Waals surface area (Å²) in [6.07, 6.45) is 0. The van der Waals surface area contributed by atoms with Crippen LogP contribution in [-0.4, -0.2) is 33.1 Å². The van der Waals surface area contributed by atoms with Crippen molar-refractivity contribution in [3.05, 3.63) is 45.5 Å². The summed E-state index contributed by atoms with van der Waals surface area (Å²) in [6.45, 7) is 5.55. The molecule has 1 heterocycles. The standard InChI is InChI=1S/C16H19N3O4S/c1-10(2)16(3,21)9-17-14(20)13-8-24-15(18-13)11-4-6-12(7-5-11)19(22)23/h4-8,10,21H,9H2,1-3H3,(H,17,20). The van der Waals surface area contributed by atoms with Crippen LogP contribution in [0.15, 0.2) is 29.6 Å². The first kappa shape index (κ1) is 18.0. The molecule has 1 amide bonds. The maximum absolute atomic E-state index is 12.1. The first-order chi connectivity index (χ1) is 11.2. The Labute approximate surface area is 143 Å². The van der Waals surface area contributed by atoms with Crippen LogP contribution < -0.4 is 5.32 Å². The summed E-state index contributed by atoms with van der Waals surface area (Å²) in [5.41, 5.74) is -0.0247. The quantitative estimate of drug-likeness (QED) is 0.616. The highest BCUT2D eigenvalue weighted by molar-refractivity contribution is 7.13. The third kappa shape index (κ3) is 4.15. The Morgan fingerprint density at radius 2 is 2.04 bits per heavy atom. The van der Waals surface area contributed by atoms with E-state index in [9.17, 15) is 20.0 Å². The largest absolute Gasteiger partial charge is 0.388 e. The van der Waals surface area contributed by atoms with Gasteiger partial charge in [-0.2, -0.15) is 0 Å². The van der Waals surface area contributed by atoms with Crippen molar-refractivity contribution in [3.63, 3.8) is 0 Å². The van der Waals surface area contributed by atoms with Crippen molar-refractivity contribution in [2.24, 2.45) is 5.92 Å². The Hall–Kier alpha value is -2.32. The Kier molecular flexibility index (Phi) is 5.30. The summed E-state index contributed by atoms with van der Waals surface area (Å²) in [4.78, 5) is 26.6. The lowest BCUT2D eigenvalue weighted by molar-refractivity contribution is -0.384. The van der Waals surface area contributed by atoms with Crippen molar-refractivity contribution in [1.29, 1.82) is 0 Å². The maximum atomic E-state index is 12.1. The van der Waals surface area contributed by atoms with E-state index < -0.39 is 10.5 Å². The molecule has 0 aliphatic heterocycles. The smallest absolute Gasteiger partial charge is 0.270 e. The Bertz CT molecular complexity index is 738. The van der Waals surface area contributed by atoms with Crippen molar-refractivity contribution in [3.8, 4) is 10.6 Å². The van der Waals surface area contributed by atoms with E-state index in [1.807, 2.05) is 13.8 Å². The van der Waals surface area contributed by atoms with Crippen molar-refractivity contribution < 1.29 is 14.8 Å². The molecule has 1 aromatic carbocycles. The number of nitro groups is 1. The van der Waals surface area contributed by atoms with Crippen LogP contribution in [0.25, 0.3) is 10.6 Å². The van der Waals surface area contributed by atoms with Crippen molar-refractivity contribution in [2.45, 2.75) is 26.4 Å². The third-order valence-electron chi connectivity index (χ3n) is 3.91. The molecular formula is C16H19N3O4S. The van der Waals surface area contributed by atoms with Crippen LogP contribution in [-0.2, 0) is 0 Å². The summed E-state index contributed by atoms with van der Waals surface area (Å²) in [7, 11) is 0. The van der Waals surface area contributed by atoms with Crippen LogP contribution in [0.1, 0.15) is 31.3 Å². The molecule has 0 saturated heterocycles. The van der Waals surface area contributed by atoms with Gasteiger partial charge in [0.2, 0.25) is 0 Å². The van der Waals surface area contributed by atoms with Crippen molar-refractivity contribution in [1.82, 2.24) is 10.3 Å². The second-order valence-electron chi connectivity index (χ2n) is 6.04. The van der Waals surface area contributed by atoms with Crippen LogP contribution in [0.4, 0.5) is 5.69 Å². The van der Waals surface area contributed by atoms with Gasteiger partial charge in [0.25, 0.3) is 11.6 Å². The normalized spacial score (nSPS) is 13.5. The molecule has 0 saturated carbocycles. The van der Waals surface area contributed by atoms with Gasteiger partial charge < -0.3 is 10.4 Å². The fourth-order valence-electron chi connectivity index (χ4n) is 1.79. The topological polar surface area (TPSA) is 105 Å². The van der Waals surface area contributed by atoms with Crippen molar-refractivity contribution in [2.75, 3.05) is 6.54 Å². The molecule has 0 radical (unpaired) electrons. The minimum atomic E-state index is -0.993. The van der Waals surface area contributed by atoms with E-state index in [1.165, 1.54) is 23.5 Å². The van der Waals surface area contributed by atoms with Gasteiger partial charge in [-0.15, -0.1) is 11.3 Å². The van der Waals surface area contributed by atoms with Crippen LogP contribution in [0.3, 0.4) is 0 Å². The summed E-state index contributed by atoms with van der Waals surface area (Å²) in [5.74, 6) is -0.357. The number of amides is 1. The van der Waals surface area contributed by atoms with E-state index in [4.69, 9.17) is 0 Å². The fourth-order valence-corrected chi connectivity index (χ4v) is 2.60. The molecule has 0 bridgehead atoms. The average molecular weight is 349 g/mol. The molecule has 2 N–H and O–H groups in total. The van der Waals surface area contributed by atoms with Crippen LogP contribution in [0.5, 0.6) is 0 Å². The highest BCUT2D eigenvalue weighted by Gasteiger charge is 2.26. The van der Waals surface area contributed by atoms with Gasteiger partial charge in [0.05, 0.1) is 10.5 Å². The van der Waals surface area contributed by atoms with E-state index in [2.05, 4.69) is 10.3 Å². The number of non-ortho nitro benzene ring substituents is 1. The Balaban J connectivity index is 2.07. The molecule has 1 unspecified atom stereocenters. The zero-order valence-corrected chi connectivity index (χ0v) is 14.5. The van der Waals surface area contributed by atoms with Gasteiger partial charge in [0.15, 0.2) is 0 Å². The van der Waals surface area contributed by atoms with E-state index >= 15 is 0 Å². The van der Waals surface area contributed by atoms with Crippen LogP contribution in [0.2, 0.25) is 0 Å². The monoisotopic (exact) mass is 349 g/mol. The molecule has 2 aromatic rings. The number of aliphatic hydroxyl groups is 1. The lowest BCUT2D eigenvalue weighted by Crippen LogP contribution is -2.44. The van der Waals surface area contributed by atoms with Gasteiger partial charge in [0, 0.05) is 29.6 Å². The van der Waals surface area contributed by atoms with Crippen LogP contribution in [0, 0.1) is 16.0 Å². The number of nitro benzene ring substituents is 1. The molecule has 0 aliphatic carbocycles. The fraction of sp³-hybridized carbons (Fsp3) is 0.375. The average Bonchev–Trinajstić information content (AvgIpc) is 3.02. The lowest BCUT2D eigenvalue weighted by Gasteiger charge is -2.27. The highest BCUT2D eigenvalue weighted by Crippen LogP contribution is 2.25. The highest BCUT2D eigenvalue weighted by atomic mass is 32.1. The number of carbonyl (C=O) groups is 1. The van der Waals surface area contributed by atoms with E-state index in [0.717, 1.165) is 0 Å². The number of hydrogen-bond donors (Lipinski definition) is 2. The maximum Gasteiger partial charge on any atom is 0.270 e. The SMILES string of the molecule is CC(C)C(C)(O)CNC(=O)c1csc(-c2ccc([N+](=O)[O-])cc2)n1. The summed E-state index contributed by atoms with van der Waals surface area (Å²) in [5, 5.41) is 25.7. The minimum Gasteiger partial charge on any atom is -0.388 e. The molecule has 1 atom stereocenters. The predicted octanol–water partition coefficient (Wildman–Crippen LogP) is 2.86. The second-order valence-corrected chi connectivity index (χ2v) is 6.89. The molecule has 2 rings (SSSR count). The van der Waals surface area contributed by atoms with E-state index in [1.54, 1.807) is 24.4 Å². The number of nitrogens with one attached hydrogen (secondary N) is 1. The first-order valence-corrected chi connectivity index (χ1v) is 8.29. The summed E-state index contributed by atoms with van der Waals surface area (Å²) < 4.78 is 0. The predicted molar refractivity (Wildman–Crippen MR) is 92.0 cm³/mol. The number of nitrogens with zero attached hydrogens (tertiary/aromatic N) is 2. The summed E-state index contributed by atoms with van der Waals surface area (Å²) in [6, 6.07) is 6.00. The van der Waals surface area contributed by atoms with Gasteiger partial charge in [-0.25, -0.2) is 4.98 Å². The molecule has 0 fully saturated rings. The zero-order valence-electron chi connectivity index (χ0n) is 13.6. The van der Waals surface area contributed by atoms with Crippen LogP contribution >= 0.6 is 11.3 Å². The summed E-state index contributed by atoms with van der Waals surface area (Å²) >= 11 is 1.28. The lowest BCUT2D eigenvalue weighted by atomic mass is 9.92.